The van der Waals surface area contributed by atoms with Gasteiger partial charge < -0.3 is 9.64 Å². The van der Waals surface area contributed by atoms with Crippen molar-refractivity contribution >= 4 is 5.91 Å². The molecule has 2 rings (SSSR count). The van der Waals surface area contributed by atoms with Gasteiger partial charge in [-0.3, -0.25) is 4.79 Å². The van der Waals surface area contributed by atoms with Crippen LogP contribution < -0.4 is 0 Å². The van der Waals surface area contributed by atoms with E-state index in [1.54, 1.807) is 7.11 Å². The van der Waals surface area contributed by atoms with E-state index in [1.165, 1.54) is 12.1 Å². The number of hydrogen-bond donors (Lipinski definition) is 0. The molecule has 1 heterocycles. The van der Waals surface area contributed by atoms with Gasteiger partial charge >= 0.3 is 0 Å². The maximum Gasteiger partial charge on any atom is 0.222 e. The number of likely N-dealkylation sites (tertiary alicyclic amines) is 1. The molecule has 1 aliphatic heterocycles. The minimum Gasteiger partial charge on any atom is -0.385 e. The second kappa shape index (κ2) is 8.96. The zero-order valence-corrected chi connectivity index (χ0v) is 13.7. The summed E-state index contributed by atoms with van der Waals surface area (Å²) in [5.41, 5.74) is 0.397. The molecule has 1 atom stereocenters. The van der Waals surface area contributed by atoms with Crippen LogP contribution in [0.25, 0.3) is 0 Å². The van der Waals surface area contributed by atoms with Crippen molar-refractivity contribution < 1.29 is 18.3 Å². The first-order valence-corrected chi connectivity index (χ1v) is 8.30. The lowest BCUT2D eigenvalue weighted by molar-refractivity contribution is -0.133. The van der Waals surface area contributed by atoms with Gasteiger partial charge in [-0.1, -0.05) is 6.07 Å². The molecule has 0 saturated carbocycles. The first-order valence-electron chi connectivity index (χ1n) is 8.30. The molecule has 0 aliphatic carbocycles. The predicted molar refractivity (Wildman–Crippen MR) is 85.1 cm³/mol. The minimum atomic E-state index is -0.590. The molecular formula is C18H25F2NO2. The number of ether oxygens (including phenoxy) is 1. The molecule has 0 spiro atoms. The number of benzene rings is 1. The van der Waals surface area contributed by atoms with Gasteiger partial charge in [-0.2, -0.15) is 0 Å². The van der Waals surface area contributed by atoms with E-state index >= 15 is 0 Å². The largest absolute Gasteiger partial charge is 0.385 e. The Balaban J connectivity index is 1.80. The highest BCUT2D eigenvalue weighted by Gasteiger charge is 2.23. The Kier molecular flexibility index (Phi) is 6.96. The molecule has 23 heavy (non-hydrogen) atoms. The Morgan fingerprint density at radius 1 is 1.39 bits per heavy atom. The van der Waals surface area contributed by atoms with Crippen LogP contribution in [0.2, 0.25) is 0 Å². The van der Waals surface area contributed by atoms with Gasteiger partial charge in [0.1, 0.15) is 11.6 Å². The van der Waals surface area contributed by atoms with Gasteiger partial charge in [-0.15, -0.1) is 0 Å². The monoisotopic (exact) mass is 325 g/mol. The third-order valence-corrected chi connectivity index (χ3v) is 4.46. The number of aryl methyl sites for hydroxylation is 1. The molecule has 1 amide bonds. The number of rotatable bonds is 7. The number of nitrogens with zero attached hydrogens (tertiary/aromatic N) is 1. The Morgan fingerprint density at radius 3 is 2.96 bits per heavy atom. The normalized spacial score (nSPS) is 18.2. The molecule has 0 N–H and O–H groups in total. The summed E-state index contributed by atoms with van der Waals surface area (Å²) in [5, 5.41) is 0. The van der Waals surface area contributed by atoms with Crippen LogP contribution in [0.1, 0.15) is 37.7 Å². The molecule has 5 heteroatoms. The summed E-state index contributed by atoms with van der Waals surface area (Å²) in [4.78, 5) is 14.2. The van der Waals surface area contributed by atoms with Gasteiger partial charge in [0.2, 0.25) is 5.91 Å². The number of piperidine rings is 1. The summed E-state index contributed by atoms with van der Waals surface area (Å²) in [5.74, 6) is -0.572. The molecule has 0 bridgehead atoms. The number of methoxy groups -OCH3 is 1. The minimum absolute atomic E-state index is 0.0603. The van der Waals surface area contributed by atoms with Gasteiger partial charge in [0.05, 0.1) is 0 Å². The van der Waals surface area contributed by atoms with Gasteiger partial charge in [0, 0.05) is 39.3 Å². The van der Waals surface area contributed by atoms with Crippen molar-refractivity contribution in [3.63, 3.8) is 0 Å². The highest BCUT2D eigenvalue weighted by Crippen LogP contribution is 2.22. The van der Waals surface area contributed by atoms with E-state index in [0.29, 0.717) is 17.9 Å². The number of carbonyl (C=O) groups excluding carboxylic acids is 1. The number of hydrogen-bond acceptors (Lipinski definition) is 2. The number of carbonyl (C=O) groups is 1. The van der Waals surface area contributed by atoms with Gasteiger partial charge in [-0.25, -0.2) is 8.78 Å². The van der Waals surface area contributed by atoms with E-state index < -0.39 is 11.6 Å². The Hall–Kier alpha value is -1.49. The maximum atomic E-state index is 13.6. The molecular weight excluding hydrogens is 300 g/mol. The topological polar surface area (TPSA) is 29.5 Å². The van der Waals surface area contributed by atoms with E-state index in [9.17, 15) is 13.6 Å². The lowest BCUT2D eigenvalue weighted by Crippen LogP contribution is -2.40. The molecule has 1 saturated heterocycles. The van der Waals surface area contributed by atoms with Crippen LogP contribution in [0.5, 0.6) is 0 Å². The van der Waals surface area contributed by atoms with Crippen molar-refractivity contribution in [3.8, 4) is 0 Å². The van der Waals surface area contributed by atoms with Gasteiger partial charge in [0.25, 0.3) is 0 Å². The SMILES string of the molecule is COCCC[C@@H]1CCCN(C(=O)CCc2ccc(F)cc2F)C1. The van der Waals surface area contributed by atoms with E-state index in [2.05, 4.69) is 0 Å². The summed E-state index contributed by atoms with van der Waals surface area (Å²) in [6.45, 7) is 2.33. The molecule has 1 fully saturated rings. The Labute approximate surface area is 136 Å². The van der Waals surface area contributed by atoms with Crippen LogP contribution in [0.15, 0.2) is 18.2 Å². The van der Waals surface area contributed by atoms with Crippen LogP contribution in [0.4, 0.5) is 8.78 Å². The van der Waals surface area contributed by atoms with Crippen molar-refractivity contribution in [2.45, 2.75) is 38.5 Å². The zero-order valence-electron chi connectivity index (χ0n) is 13.7. The fraction of sp³-hybridized carbons (Fsp3) is 0.611. The molecule has 3 nitrogen and oxygen atoms in total. The first-order chi connectivity index (χ1) is 11.1. The third-order valence-electron chi connectivity index (χ3n) is 4.46. The van der Waals surface area contributed by atoms with E-state index in [0.717, 1.165) is 51.4 Å². The second-order valence-electron chi connectivity index (χ2n) is 6.22. The fourth-order valence-corrected chi connectivity index (χ4v) is 3.17. The van der Waals surface area contributed by atoms with Crippen molar-refractivity contribution in [2.24, 2.45) is 5.92 Å². The molecule has 1 aromatic rings. The van der Waals surface area contributed by atoms with Crippen molar-refractivity contribution in [2.75, 3.05) is 26.8 Å². The van der Waals surface area contributed by atoms with Gasteiger partial charge in [-0.05, 0) is 49.7 Å². The van der Waals surface area contributed by atoms with Crippen molar-refractivity contribution in [3.05, 3.63) is 35.4 Å². The molecule has 1 aromatic carbocycles. The molecule has 0 radical (unpaired) electrons. The van der Waals surface area contributed by atoms with E-state index in [1.807, 2.05) is 4.90 Å². The molecule has 0 aromatic heterocycles. The van der Waals surface area contributed by atoms with Crippen LogP contribution in [0.3, 0.4) is 0 Å². The quantitative estimate of drug-likeness (QED) is 0.717. The summed E-state index contributed by atoms with van der Waals surface area (Å²) < 4.78 is 31.6. The highest BCUT2D eigenvalue weighted by molar-refractivity contribution is 5.76. The van der Waals surface area contributed by atoms with Gasteiger partial charge in [0.15, 0.2) is 0 Å². The average Bonchev–Trinajstić information content (AvgIpc) is 2.54. The van der Waals surface area contributed by atoms with Crippen LogP contribution in [-0.2, 0) is 16.0 Å². The summed E-state index contributed by atoms with van der Waals surface area (Å²) in [6, 6.07) is 3.52. The Morgan fingerprint density at radius 2 is 2.22 bits per heavy atom. The molecule has 0 unspecified atom stereocenters. The second-order valence-corrected chi connectivity index (χ2v) is 6.22. The standard InChI is InChI=1S/C18H25F2NO2/c1-23-11-3-5-14-4-2-10-21(13-14)18(22)9-7-15-6-8-16(19)12-17(15)20/h6,8,12,14H,2-5,7,9-11,13H2,1H3/t14-/m0/s1. The fourth-order valence-electron chi connectivity index (χ4n) is 3.17. The summed E-state index contributed by atoms with van der Waals surface area (Å²) in [7, 11) is 1.70. The summed E-state index contributed by atoms with van der Waals surface area (Å²) in [6.07, 6.45) is 4.85. The lowest BCUT2D eigenvalue weighted by atomic mass is 9.93. The highest BCUT2D eigenvalue weighted by atomic mass is 19.1. The van der Waals surface area contributed by atoms with Crippen LogP contribution in [0, 0.1) is 17.6 Å². The smallest absolute Gasteiger partial charge is 0.222 e. The Bertz CT molecular complexity index is 522. The van der Waals surface area contributed by atoms with Crippen molar-refractivity contribution in [1.29, 1.82) is 0 Å². The van der Waals surface area contributed by atoms with E-state index in [4.69, 9.17) is 4.74 Å². The predicted octanol–water partition coefficient (Wildman–Crippen LogP) is 3.56. The number of amides is 1. The lowest BCUT2D eigenvalue weighted by Gasteiger charge is -2.33. The average molecular weight is 325 g/mol. The van der Waals surface area contributed by atoms with Crippen LogP contribution >= 0.6 is 0 Å². The zero-order chi connectivity index (χ0) is 16.7. The first kappa shape index (κ1) is 17.9. The summed E-state index contributed by atoms with van der Waals surface area (Å²) >= 11 is 0. The number of halogens is 2. The molecule has 1 aliphatic rings. The van der Waals surface area contributed by atoms with Crippen LogP contribution in [-0.4, -0.2) is 37.6 Å². The molecule has 128 valence electrons. The van der Waals surface area contributed by atoms with Crippen molar-refractivity contribution in [1.82, 2.24) is 4.90 Å². The maximum absolute atomic E-state index is 13.6. The third kappa shape index (κ3) is 5.57. The van der Waals surface area contributed by atoms with E-state index in [-0.39, 0.29) is 12.3 Å².